The molecule has 10 heteroatoms. The second-order valence-corrected chi connectivity index (χ2v) is 9.28. The van der Waals surface area contributed by atoms with Gasteiger partial charge in [-0.1, -0.05) is 23.7 Å². The number of hydrogen-bond acceptors (Lipinski definition) is 7. The maximum Gasteiger partial charge on any atom is 0.255 e. The van der Waals surface area contributed by atoms with E-state index >= 15 is 0 Å². The zero-order valence-corrected chi connectivity index (χ0v) is 21.9. The summed E-state index contributed by atoms with van der Waals surface area (Å²) in [7, 11) is 0. The van der Waals surface area contributed by atoms with E-state index in [1.165, 1.54) is 12.4 Å². The Morgan fingerprint density at radius 1 is 0.897 bits per heavy atom. The molecule has 0 atom stereocenters. The van der Waals surface area contributed by atoms with Gasteiger partial charge in [0, 0.05) is 47.3 Å². The number of morpholine rings is 1. The van der Waals surface area contributed by atoms with Gasteiger partial charge in [0.15, 0.2) is 0 Å². The Hall–Kier alpha value is -4.47. The van der Waals surface area contributed by atoms with Crippen LogP contribution < -0.4 is 20.3 Å². The fourth-order valence-electron chi connectivity index (χ4n) is 4.07. The molecule has 1 saturated heterocycles. The van der Waals surface area contributed by atoms with Crippen molar-refractivity contribution < 1.29 is 19.1 Å². The van der Waals surface area contributed by atoms with Crippen molar-refractivity contribution >= 4 is 40.5 Å². The van der Waals surface area contributed by atoms with Crippen molar-refractivity contribution in [2.75, 3.05) is 41.8 Å². The van der Waals surface area contributed by atoms with Gasteiger partial charge in [0.2, 0.25) is 5.88 Å². The first-order valence-electron chi connectivity index (χ1n) is 12.4. The topological polar surface area (TPSA) is 106 Å². The van der Waals surface area contributed by atoms with Gasteiger partial charge >= 0.3 is 0 Å². The summed E-state index contributed by atoms with van der Waals surface area (Å²) in [5.74, 6) is 0.276. The fraction of sp³-hybridized carbons (Fsp3) is 0.172. The van der Waals surface area contributed by atoms with Crippen molar-refractivity contribution in [1.82, 2.24) is 9.97 Å². The van der Waals surface area contributed by atoms with Crippen LogP contribution in [-0.4, -0.2) is 48.1 Å². The van der Waals surface area contributed by atoms with Crippen molar-refractivity contribution in [3.05, 3.63) is 101 Å². The molecule has 1 fully saturated rings. The summed E-state index contributed by atoms with van der Waals surface area (Å²) >= 11 is 5.86. The lowest BCUT2D eigenvalue weighted by Gasteiger charge is -2.29. The number of nitrogens with one attached hydrogen (secondary N) is 2. The number of amides is 2. The summed E-state index contributed by atoms with van der Waals surface area (Å²) in [5.41, 5.74) is 4.01. The van der Waals surface area contributed by atoms with Crippen LogP contribution in [0.5, 0.6) is 11.6 Å². The number of ether oxygens (including phenoxy) is 2. The van der Waals surface area contributed by atoms with Crippen molar-refractivity contribution in [1.29, 1.82) is 0 Å². The number of anilines is 3. The molecule has 4 aromatic rings. The zero-order valence-electron chi connectivity index (χ0n) is 21.2. The second-order valence-electron chi connectivity index (χ2n) is 8.89. The van der Waals surface area contributed by atoms with Gasteiger partial charge in [-0.3, -0.25) is 9.59 Å². The van der Waals surface area contributed by atoms with Gasteiger partial charge in [0.25, 0.3) is 11.8 Å². The minimum Gasteiger partial charge on any atom is -0.439 e. The SMILES string of the molecule is Cc1ccc(NC(=O)c2cccc(N3CCOCC3)c2)cc1NC(=O)c1ccc(Oc2cc(Cl)ncn2)cc1. The molecule has 9 nitrogen and oxygen atoms in total. The summed E-state index contributed by atoms with van der Waals surface area (Å²) in [6.45, 7) is 4.81. The van der Waals surface area contributed by atoms with E-state index < -0.39 is 0 Å². The molecule has 0 radical (unpaired) electrons. The van der Waals surface area contributed by atoms with E-state index in [-0.39, 0.29) is 17.0 Å². The van der Waals surface area contributed by atoms with Crippen LogP contribution in [0, 0.1) is 6.92 Å². The van der Waals surface area contributed by atoms with Crippen LogP contribution in [0.1, 0.15) is 26.3 Å². The predicted octanol–water partition coefficient (Wildman–Crippen LogP) is 5.57. The number of carbonyl (C=O) groups is 2. The largest absolute Gasteiger partial charge is 0.439 e. The van der Waals surface area contributed by atoms with E-state index in [0.717, 1.165) is 24.3 Å². The molecule has 1 aromatic heterocycles. The third-order valence-electron chi connectivity index (χ3n) is 6.18. The minimum absolute atomic E-state index is 0.230. The zero-order chi connectivity index (χ0) is 27.2. The van der Waals surface area contributed by atoms with E-state index in [9.17, 15) is 9.59 Å². The molecule has 2 amide bonds. The van der Waals surface area contributed by atoms with E-state index in [1.54, 1.807) is 42.5 Å². The van der Waals surface area contributed by atoms with Gasteiger partial charge in [-0.05, 0) is 67.1 Å². The number of aromatic nitrogens is 2. The number of rotatable bonds is 7. The first-order chi connectivity index (χ1) is 18.9. The average molecular weight is 544 g/mol. The van der Waals surface area contributed by atoms with Gasteiger partial charge in [0.1, 0.15) is 17.2 Å². The Labute approximate surface area is 230 Å². The number of halogens is 1. The van der Waals surface area contributed by atoms with Gasteiger partial charge in [-0.25, -0.2) is 9.97 Å². The molecule has 0 saturated carbocycles. The first-order valence-corrected chi connectivity index (χ1v) is 12.7. The first kappa shape index (κ1) is 26.1. The molecule has 0 aliphatic carbocycles. The normalized spacial score (nSPS) is 13.0. The van der Waals surface area contributed by atoms with Crippen molar-refractivity contribution in [2.24, 2.45) is 0 Å². The number of benzene rings is 3. The molecule has 5 rings (SSSR count). The Bertz CT molecular complexity index is 1490. The monoisotopic (exact) mass is 543 g/mol. The van der Waals surface area contributed by atoms with Crippen molar-refractivity contribution in [2.45, 2.75) is 6.92 Å². The summed E-state index contributed by atoms with van der Waals surface area (Å²) in [6, 6.07) is 21.0. The number of aryl methyl sites for hydroxylation is 1. The van der Waals surface area contributed by atoms with Crippen molar-refractivity contribution in [3.63, 3.8) is 0 Å². The van der Waals surface area contributed by atoms with E-state index in [4.69, 9.17) is 21.1 Å². The van der Waals surface area contributed by atoms with Gasteiger partial charge in [-0.15, -0.1) is 0 Å². The lowest BCUT2D eigenvalue weighted by molar-refractivity contribution is 0.101. The second kappa shape index (κ2) is 11.9. The molecular formula is C29H26ClN5O4. The number of carbonyl (C=O) groups excluding carboxylic acids is 2. The van der Waals surface area contributed by atoms with Crippen LogP contribution in [0.4, 0.5) is 17.1 Å². The summed E-state index contributed by atoms with van der Waals surface area (Å²) in [4.78, 5) is 35.9. The molecule has 1 aliphatic heterocycles. The highest BCUT2D eigenvalue weighted by atomic mass is 35.5. The Balaban J connectivity index is 1.24. The minimum atomic E-state index is -0.295. The fourth-order valence-corrected chi connectivity index (χ4v) is 4.20. The lowest BCUT2D eigenvalue weighted by atomic mass is 10.1. The molecule has 2 N–H and O–H groups in total. The van der Waals surface area contributed by atoms with Crippen molar-refractivity contribution in [3.8, 4) is 11.6 Å². The van der Waals surface area contributed by atoms with Crippen LogP contribution in [0.15, 0.2) is 79.1 Å². The van der Waals surface area contributed by atoms with Gasteiger partial charge in [-0.2, -0.15) is 0 Å². The van der Waals surface area contributed by atoms with Crippen LogP contribution in [0.3, 0.4) is 0 Å². The summed E-state index contributed by atoms with van der Waals surface area (Å²) < 4.78 is 11.1. The molecule has 2 heterocycles. The summed E-state index contributed by atoms with van der Waals surface area (Å²) in [6.07, 6.45) is 1.31. The number of hydrogen-bond donors (Lipinski definition) is 2. The highest BCUT2D eigenvalue weighted by molar-refractivity contribution is 6.29. The van der Waals surface area contributed by atoms with Crippen LogP contribution in [0.2, 0.25) is 5.15 Å². The number of nitrogens with zero attached hydrogens (tertiary/aromatic N) is 3. The molecule has 0 bridgehead atoms. The smallest absolute Gasteiger partial charge is 0.255 e. The van der Waals surface area contributed by atoms with Crippen LogP contribution >= 0.6 is 11.6 Å². The lowest BCUT2D eigenvalue weighted by Crippen LogP contribution is -2.36. The van der Waals surface area contributed by atoms with Gasteiger partial charge in [0.05, 0.1) is 13.2 Å². The van der Waals surface area contributed by atoms with Gasteiger partial charge < -0.3 is 25.0 Å². The van der Waals surface area contributed by atoms with E-state index in [2.05, 4.69) is 25.5 Å². The third kappa shape index (κ3) is 6.70. The van der Waals surface area contributed by atoms with Crippen LogP contribution in [-0.2, 0) is 4.74 Å². The average Bonchev–Trinajstić information content (AvgIpc) is 2.96. The van der Waals surface area contributed by atoms with Crippen LogP contribution in [0.25, 0.3) is 0 Å². The van der Waals surface area contributed by atoms with E-state index in [1.807, 2.05) is 31.2 Å². The summed E-state index contributed by atoms with van der Waals surface area (Å²) in [5, 5.41) is 6.12. The highest BCUT2D eigenvalue weighted by Gasteiger charge is 2.15. The maximum atomic E-state index is 13.0. The standard InChI is InChI=1S/C29H26ClN5O4/c1-19-5-8-22(33-29(37)21-3-2-4-23(15-21)35-11-13-38-14-12-35)16-25(19)34-28(36)20-6-9-24(10-7-20)39-27-17-26(30)31-18-32-27/h2-10,15-18H,11-14H2,1H3,(H,33,37)(H,34,36). The molecular weight excluding hydrogens is 518 g/mol. The Morgan fingerprint density at radius 3 is 2.44 bits per heavy atom. The van der Waals surface area contributed by atoms with E-state index in [0.29, 0.717) is 47.3 Å². The molecule has 1 aliphatic rings. The Morgan fingerprint density at radius 2 is 1.67 bits per heavy atom. The third-order valence-corrected chi connectivity index (χ3v) is 6.38. The molecule has 198 valence electrons. The Kier molecular flexibility index (Phi) is 8.00. The molecule has 3 aromatic carbocycles. The maximum absolute atomic E-state index is 13.0. The molecule has 39 heavy (non-hydrogen) atoms. The predicted molar refractivity (Wildman–Crippen MR) is 150 cm³/mol. The molecule has 0 spiro atoms. The molecule has 0 unspecified atom stereocenters. The quantitative estimate of drug-likeness (QED) is 0.293. The highest BCUT2D eigenvalue weighted by Crippen LogP contribution is 2.25.